The number of fused-ring (bicyclic) bond motifs is 5. The van der Waals surface area contributed by atoms with Gasteiger partial charge in [-0.2, -0.15) is 0 Å². The van der Waals surface area contributed by atoms with Crippen LogP contribution in [0.25, 0.3) is 0 Å². The van der Waals surface area contributed by atoms with Gasteiger partial charge >= 0.3 is 5.97 Å². The Hall–Kier alpha value is -1.95. The smallest absolute Gasteiger partial charge is 0.304 e. The van der Waals surface area contributed by atoms with Gasteiger partial charge in [0.15, 0.2) is 5.60 Å². The zero-order valence-electron chi connectivity index (χ0n) is 16.9. The molecule has 4 rings (SSSR count). The molecule has 144 valence electrons. The second-order valence-corrected chi connectivity index (χ2v) is 9.10. The monoisotopic (exact) mass is 366 g/mol. The third-order valence-corrected chi connectivity index (χ3v) is 7.89. The first-order chi connectivity index (χ1) is 12.8. The lowest BCUT2D eigenvalue weighted by Crippen LogP contribution is -2.54. The second-order valence-electron chi connectivity index (χ2n) is 9.10. The van der Waals surface area contributed by atoms with Crippen LogP contribution in [0, 0.1) is 35.5 Å². The summed E-state index contributed by atoms with van der Waals surface area (Å²) in [7, 11) is 1.73. The van der Waals surface area contributed by atoms with E-state index in [0.29, 0.717) is 23.7 Å². The molecule has 27 heavy (non-hydrogen) atoms. The van der Waals surface area contributed by atoms with Crippen molar-refractivity contribution in [2.75, 3.05) is 7.11 Å². The Morgan fingerprint density at radius 1 is 1.33 bits per heavy atom. The first-order valence-corrected chi connectivity index (χ1v) is 10.2. The molecule has 0 spiro atoms. The lowest BCUT2D eigenvalue weighted by molar-refractivity contribution is -0.167. The molecule has 1 aromatic carbocycles. The number of ether oxygens (including phenoxy) is 2. The standard InChI is InChI=1S/C24H30O3/c1-6-24(27-16(3)25)12-11-21-20-9-7-17-13-18(26-5)8-10-19(17)22(20)15(2)14-23(21,24)4/h1,8,10,13,15,20-22H,7,9,11-12,14H2,2-5H3/t15?,20?,21?,22?,23?,24-/m0/s1. The Labute approximate surface area is 162 Å². The number of carbonyl (C=O) groups is 1. The lowest BCUT2D eigenvalue weighted by Gasteiger charge is -2.55. The van der Waals surface area contributed by atoms with Gasteiger partial charge in [-0.1, -0.05) is 25.8 Å². The molecule has 3 aliphatic carbocycles. The lowest BCUT2D eigenvalue weighted by atomic mass is 9.50. The van der Waals surface area contributed by atoms with Crippen LogP contribution < -0.4 is 4.74 Å². The van der Waals surface area contributed by atoms with E-state index in [2.05, 4.69) is 38.0 Å². The molecular formula is C24H30O3. The van der Waals surface area contributed by atoms with Crippen molar-refractivity contribution in [3.05, 3.63) is 29.3 Å². The average molecular weight is 367 g/mol. The van der Waals surface area contributed by atoms with Gasteiger partial charge in [-0.05, 0) is 79.0 Å². The van der Waals surface area contributed by atoms with Gasteiger partial charge in [-0.15, -0.1) is 6.42 Å². The minimum Gasteiger partial charge on any atom is -0.497 e. The van der Waals surface area contributed by atoms with Gasteiger partial charge in [0.2, 0.25) is 0 Å². The summed E-state index contributed by atoms with van der Waals surface area (Å²) >= 11 is 0. The van der Waals surface area contributed by atoms with Crippen LogP contribution in [0.5, 0.6) is 5.75 Å². The third kappa shape index (κ3) is 2.53. The van der Waals surface area contributed by atoms with E-state index >= 15 is 0 Å². The van der Waals surface area contributed by atoms with Gasteiger partial charge in [-0.25, -0.2) is 0 Å². The summed E-state index contributed by atoms with van der Waals surface area (Å²) in [6, 6.07) is 6.59. The predicted molar refractivity (Wildman–Crippen MR) is 105 cm³/mol. The summed E-state index contributed by atoms with van der Waals surface area (Å²) in [4.78, 5) is 11.8. The molecule has 0 aliphatic heterocycles. The fraction of sp³-hybridized carbons (Fsp3) is 0.625. The van der Waals surface area contributed by atoms with E-state index in [0.717, 1.165) is 31.4 Å². The van der Waals surface area contributed by atoms with Crippen LogP contribution in [-0.2, 0) is 16.0 Å². The fourth-order valence-corrected chi connectivity index (χ4v) is 6.90. The molecule has 0 amide bonds. The van der Waals surface area contributed by atoms with E-state index in [1.165, 1.54) is 24.5 Å². The molecule has 2 saturated carbocycles. The van der Waals surface area contributed by atoms with Crippen LogP contribution in [0.1, 0.15) is 63.5 Å². The second kappa shape index (κ2) is 6.30. The number of methoxy groups -OCH3 is 1. The zero-order chi connectivity index (χ0) is 19.4. The minimum absolute atomic E-state index is 0.141. The van der Waals surface area contributed by atoms with Crippen molar-refractivity contribution >= 4 is 5.97 Å². The van der Waals surface area contributed by atoms with Crippen molar-refractivity contribution in [1.82, 2.24) is 0 Å². The molecule has 3 nitrogen and oxygen atoms in total. The summed E-state index contributed by atoms with van der Waals surface area (Å²) in [6.07, 6.45) is 11.1. The first kappa shape index (κ1) is 18.4. The summed E-state index contributed by atoms with van der Waals surface area (Å²) in [5.74, 6) is 5.80. The largest absolute Gasteiger partial charge is 0.497 e. The Morgan fingerprint density at radius 2 is 2.11 bits per heavy atom. The minimum atomic E-state index is -0.747. The van der Waals surface area contributed by atoms with E-state index < -0.39 is 5.60 Å². The number of esters is 1. The van der Waals surface area contributed by atoms with Crippen LogP contribution in [-0.4, -0.2) is 18.7 Å². The molecule has 0 aromatic heterocycles. The van der Waals surface area contributed by atoms with Crippen molar-refractivity contribution in [3.8, 4) is 18.1 Å². The number of hydrogen-bond acceptors (Lipinski definition) is 3. The summed E-state index contributed by atoms with van der Waals surface area (Å²) in [5.41, 5.74) is 2.04. The molecule has 3 heteroatoms. The topological polar surface area (TPSA) is 35.5 Å². The van der Waals surface area contributed by atoms with Crippen molar-refractivity contribution in [2.24, 2.45) is 23.2 Å². The molecular weight excluding hydrogens is 336 g/mol. The molecule has 1 aromatic rings. The Kier molecular flexibility index (Phi) is 4.29. The van der Waals surface area contributed by atoms with Crippen molar-refractivity contribution < 1.29 is 14.3 Å². The van der Waals surface area contributed by atoms with Crippen LogP contribution in [0.3, 0.4) is 0 Å². The summed E-state index contributed by atoms with van der Waals surface area (Å²) in [5, 5.41) is 0. The molecule has 0 N–H and O–H groups in total. The molecule has 0 radical (unpaired) electrons. The predicted octanol–water partition coefficient (Wildman–Crippen LogP) is 4.73. The van der Waals surface area contributed by atoms with Gasteiger partial charge in [0.25, 0.3) is 0 Å². The number of hydrogen-bond donors (Lipinski definition) is 0. The Morgan fingerprint density at radius 3 is 2.78 bits per heavy atom. The fourth-order valence-electron chi connectivity index (χ4n) is 6.90. The number of terminal acetylenes is 1. The van der Waals surface area contributed by atoms with Crippen LogP contribution in [0.2, 0.25) is 0 Å². The highest BCUT2D eigenvalue weighted by atomic mass is 16.6. The van der Waals surface area contributed by atoms with E-state index in [1.54, 1.807) is 7.11 Å². The molecule has 6 atom stereocenters. The van der Waals surface area contributed by atoms with Crippen LogP contribution in [0.15, 0.2) is 18.2 Å². The number of benzene rings is 1. The van der Waals surface area contributed by atoms with Gasteiger partial charge in [0.1, 0.15) is 5.75 Å². The van der Waals surface area contributed by atoms with E-state index in [9.17, 15) is 4.79 Å². The van der Waals surface area contributed by atoms with E-state index in [-0.39, 0.29) is 11.4 Å². The van der Waals surface area contributed by atoms with E-state index in [4.69, 9.17) is 15.9 Å². The third-order valence-electron chi connectivity index (χ3n) is 7.89. The number of carbonyl (C=O) groups excluding carboxylic acids is 1. The maximum atomic E-state index is 11.8. The molecule has 0 heterocycles. The quantitative estimate of drug-likeness (QED) is 0.561. The first-order valence-electron chi connectivity index (χ1n) is 10.2. The normalized spacial score (nSPS) is 39.5. The van der Waals surface area contributed by atoms with Gasteiger partial charge in [0, 0.05) is 12.3 Å². The highest BCUT2D eigenvalue weighted by Crippen LogP contribution is 2.66. The van der Waals surface area contributed by atoms with Crippen LogP contribution in [0.4, 0.5) is 0 Å². The molecule has 5 unspecified atom stereocenters. The maximum Gasteiger partial charge on any atom is 0.304 e. The zero-order valence-corrected chi connectivity index (χ0v) is 16.9. The Bertz CT molecular complexity index is 806. The summed E-state index contributed by atoms with van der Waals surface area (Å²) < 4.78 is 11.3. The molecule has 0 bridgehead atoms. The summed E-state index contributed by atoms with van der Waals surface area (Å²) in [6.45, 7) is 6.12. The van der Waals surface area contributed by atoms with Crippen molar-refractivity contribution in [3.63, 3.8) is 0 Å². The van der Waals surface area contributed by atoms with Crippen molar-refractivity contribution in [2.45, 2.75) is 64.4 Å². The number of rotatable bonds is 2. The highest BCUT2D eigenvalue weighted by Gasteiger charge is 2.65. The molecule has 3 aliphatic rings. The van der Waals surface area contributed by atoms with Crippen molar-refractivity contribution in [1.29, 1.82) is 0 Å². The van der Waals surface area contributed by atoms with Gasteiger partial charge in [-0.3, -0.25) is 4.79 Å². The highest BCUT2D eigenvalue weighted by molar-refractivity contribution is 5.67. The Balaban J connectivity index is 1.73. The van der Waals surface area contributed by atoms with Crippen LogP contribution >= 0.6 is 0 Å². The van der Waals surface area contributed by atoms with Gasteiger partial charge in [0.05, 0.1) is 7.11 Å². The van der Waals surface area contributed by atoms with E-state index in [1.807, 2.05) is 0 Å². The SMILES string of the molecule is C#C[C@]1(OC(C)=O)CCC2C3CCc4cc(OC)ccc4C3C(C)CC21C. The molecule has 2 fully saturated rings. The van der Waals surface area contributed by atoms with Gasteiger partial charge < -0.3 is 9.47 Å². The average Bonchev–Trinajstić information content (AvgIpc) is 2.92. The number of aryl methyl sites for hydroxylation is 1. The maximum absolute atomic E-state index is 11.8. The molecule has 0 saturated heterocycles.